The zero-order valence-electron chi connectivity index (χ0n) is 11.7. The van der Waals surface area contributed by atoms with Gasteiger partial charge in [0.2, 0.25) is 0 Å². The molecule has 1 aliphatic carbocycles. The molecular formula is C18H21NO. The van der Waals surface area contributed by atoms with Crippen molar-refractivity contribution < 1.29 is 4.74 Å². The Labute approximate surface area is 120 Å². The molecule has 2 aromatic rings. The van der Waals surface area contributed by atoms with Gasteiger partial charge in [0.05, 0.1) is 0 Å². The molecule has 0 bridgehead atoms. The second kappa shape index (κ2) is 6.10. The van der Waals surface area contributed by atoms with Gasteiger partial charge >= 0.3 is 0 Å². The Morgan fingerprint density at radius 2 is 1.70 bits per heavy atom. The first-order valence-electron chi connectivity index (χ1n) is 7.35. The zero-order valence-corrected chi connectivity index (χ0v) is 11.7. The molecule has 2 nitrogen and oxygen atoms in total. The smallest absolute Gasteiger partial charge is 0.119 e. The third-order valence-electron chi connectivity index (χ3n) is 4.17. The van der Waals surface area contributed by atoms with Crippen molar-refractivity contribution in [1.29, 1.82) is 0 Å². The van der Waals surface area contributed by atoms with Crippen LogP contribution in [0, 0.1) is 5.92 Å². The van der Waals surface area contributed by atoms with Gasteiger partial charge in [0.15, 0.2) is 0 Å². The summed E-state index contributed by atoms with van der Waals surface area (Å²) >= 11 is 0. The van der Waals surface area contributed by atoms with Gasteiger partial charge in [-0.15, -0.1) is 0 Å². The van der Waals surface area contributed by atoms with Crippen LogP contribution in [0.1, 0.15) is 36.4 Å². The summed E-state index contributed by atoms with van der Waals surface area (Å²) in [6, 6.07) is 18.6. The van der Waals surface area contributed by atoms with Crippen LogP contribution in [0.5, 0.6) is 5.75 Å². The molecule has 1 atom stereocenters. The number of hydrogen-bond donors (Lipinski definition) is 1. The highest BCUT2D eigenvalue weighted by Crippen LogP contribution is 2.36. The Kier molecular flexibility index (Phi) is 4.03. The van der Waals surface area contributed by atoms with Crippen molar-refractivity contribution in [2.75, 3.05) is 0 Å². The van der Waals surface area contributed by atoms with Gasteiger partial charge in [-0.2, -0.15) is 0 Å². The van der Waals surface area contributed by atoms with E-state index in [0.717, 1.165) is 5.75 Å². The van der Waals surface area contributed by atoms with Crippen molar-refractivity contribution in [2.45, 2.75) is 31.9 Å². The van der Waals surface area contributed by atoms with Gasteiger partial charge in [0.1, 0.15) is 12.4 Å². The maximum Gasteiger partial charge on any atom is 0.119 e. The van der Waals surface area contributed by atoms with Gasteiger partial charge in [-0.1, -0.05) is 48.9 Å². The van der Waals surface area contributed by atoms with Gasteiger partial charge in [0.25, 0.3) is 0 Å². The average molecular weight is 267 g/mol. The molecule has 0 amide bonds. The summed E-state index contributed by atoms with van der Waals surface area (Å²) < 4.78 is 5.79. The highest BCUT2D eigenvalue weighted by Gasteiger charge is 2.25. The van der Waals surface area contributed by atoms with Gasteiger partial charge in [-0.05, 0) is 42.0 Å². The van der Waals surface area contributed by atoms with Crippen molar-refractivity contribution in [3.63, 3.8) is 0 Å². The van der Waals surface area contributed by atoms with Crippen LogP contribution < -0.4 is 10.5 Å². The van der Waals surface area contributed by atoms with Crippen LogP contribution in [0.2, 0.25) is 0 Å². The standard InChI is InChI=1S/C18H21NO/c19-18(15-7-4-8-15)16-9-11-17(12-10-16)20-13-14-5-2-1-3-6-14/h1-3,5-6,9-12,15,18H,4,7-8,13,19H2/t18-/m1/s1. The van der Waals surface area contributed by atoms with Crippen LogP contribution in [-0.2, 0) is 6.61 Å². The molecule has 2 N–H and O–H groups in total. The van der Waals surface area contributed by atoms with Crippen LogP contribution in [0.3, 0.4) is 0 Å². The summed E-state index contributed by atoms with van der Waals surface area (Å²) in [5, 5.41) is 0. The fourth-order valence-corrected chi connectivity index (χ4v) is 2.60. The summed E-state index contributed by atoms with van der Waals surface area (Å²) in [5.41, 5.74) is 8.68. The highest BCUT2D eigenvalue weighted by atomic mass is 16.5. The Hall–Kier alpha value is -1.80. The first-order valence-corrected chi connectivity index (χ1v) is 7.35. The van der Waals surface area contributed by atoms with Crippen LogP contribution in [-0.4, -0.2) is 0 Å². The van der Waals surface area contributed by atoms with E-state index in [-0.39, 0.29) is 6.04 Å². The lowest BCUT2D eigenvalue weighted by Crippen LogP contribution is -2.26. The van der Waals surface area contributed by atoms with E-state index in [2.05, 4.69) is 24.3 Å². The summed E-state index contributed by atoms with van der Waals surface area (Å²) in [4.78, 5) is 0. The molecule has 0 radical (unpaired) electrons. The summed E-state index contributed by atoms with van der Waals surface area (Å²) in [5.74, 6) is 1.57. The molecule has 1 aliphatic rings. The molecule has 0 heterocycles. The minimum absolute atomic E-state index is 0.187. The SMILES string of the molecule is N[C@@H](c1ccc(OCc2ccccc2)cc1)C1CCC1. The van der Waals surface area contributed by atoms with E-state index in [9.17, 15) is 0 Å². The number of nitrogens with two attached hydrogens (primary N) is 1. The molecule has 0 unspecified atom stereocenters. The van der Waals surface area contributed by atoms with E-state index in [4.69, 9.17) is 10.5 Å². The molecule has 0 aliphatic heterocycles. The third-order valence-corrected chi connectivity index (χ3v) is 4.17. The monoisotopic (exact) mass is 267 g/mol. The predicted octanol–water partition coefficient (Wildman–Crippen LogP) is 4.07. The average Bonchev–Trinajstić information content (AvgIpc) is 2.45. The minimum Gasteiger partial charge on any atom is -0.489 e. The first kappa shape index (κ1) is 13.2. The second-order valence-electron chi connectivity index (χ2n) is 5.56. The molecule has 3 rings (SSSR count). The van der Waals surface area contributed by atoms with E-state index in [1.54, 1.807) is 0 Å². The molecule has 0 spiro atoms. The van der Waals surface area contributed by atoms with Crippen molar-refractivity contribution in [3.05, 3.63) is 65.7 Å². The van der Waals surface area contributed by atoms with E-state index < -0.39 is 0 Å². The molecular weight excluding hydrogens is 246 g/mol. The van der Waals surface area contributed by atoms with Gasteiger partial charge in [0, 0.05) is 6.04 Å². The first-order chi connectivity index (χ1) is 9.83. The quantitative estimate of drug-likeness (QED) is 0.886. The number of benzene rings is 2. The molecule has 20 heavy (non-hydrogen) atoms. The molecule has 104 valence electrons. The Balaban J connectivity index is 1.58. The highest BCUT2D eigenvalue weighted by molar-refractivity contribution is 5.30. The fourth-order valence-electron chi connectivity index (χ4n) is 2.60. The number of rotatable bonds is 5. The van der Waals surface area contributed by atoms with Crippen molar-refractivity contribution in [1.82, 2.24) is 0 Å². The van der Waals surface area contributed by atoms with Gasteiger partial charge < -0.3 is 10.5 Å². The Bertz CT molecular complexity index is 531. The van der Waals surface area contributed by atoms with Crippen LogP contribution in [0.4, 0.5) is 0 Å². The fraction of sp³-hybridized carbons (Fsp3) is 0.333. The summed E-state index contributed by atoms with van der Waals surface area (Å²) in [7, 11) is 0. The topological polar surface area (TPSA) is 35.2 Å². The third kappa shape index (κ3) is 3.02. The minimum atomic E-state index is 0.187. The predicted molar refractivity (Wildman–Crippen MR) is 81.5 cm³/mol. The van der Waals surface area contributed by atoms with Crippen molar-refractivity contribution in [2.24, 2.45) is 11.7 Å². The molecule has 2 aromatic carbocycles. The van der Waals surface area contributed by atoms with Crippen molar-refractivity contribution >= 4 is 0 Å². The van der Waals surface area contributed by atoms with Crippen LogP contribution in [0.25, 0.3) is 0 Å². The van der Waals surface area contributed by atoms with E-state index >= 15 is 0 Å². The number of hydrogen-bond acceptors (Lipinski definition) is 2. The van der Waals surface area contributed by atoms with Crippen LogP contribution in [0.15, 0.2) is 54.6 Å². The molecule has 0 aromatic heterocycles. The molecule has 1 fully saturated rings. The largest absolute Gasteiger partial charge is 0.489 e. The van der Waals surface area contributed by atoms with Gasteiger partial charge in [-0.3, -0.25) is 0 Å². The van der Waals surface area contributed by atoms with E-state index in [1.807, 2.05) is 30.3 Å². The summed E-state index contributed by atoms with van der Waals surface area (Å²) in [6.07, 6.45) is 3.87. The lowest BCUT2D eigenvalue weighted by Gasteiger charge is -2.31. The summed E-state index contributed by atoms with van der Waals surface area (Å²) in [6.45, 7) is 0.606. The van der Waals surface area contributed by atoms with Gasteiger partial charge in [-0.25, -0.2) is 0 Å². The molecule has 0 saturated heterocycles. The lowest BCUT2D eigenvalue weighted by atomic mass is 9.78. The number of ether oxygens (including phenoxy) is 1. The van der Waals surface area contributed by atoms with Crippen LogP contribution >= 0.6 is 0 Å². The normalized spacial score (nSPS) is 16.4. The maximum absolute atomic E-state index is 6.27. The van der Waals surface area contributed by atoms with E-state index in [1.165, 1.54) is 30.4 Å². The molecule has 2 heteroatoms. The Morgan fingerprint density at radius 3 is 2.30 bits per heavy atom. The maximum atomic E-state index is 6.27. The molecule has 1 saturated carbocycles. The Morgan fingerprint density at radius 1 is 1.00 bits per heavy atom. The zero-order chi connectivity index (χ0) is 13.8. The second-order valence-corrected chi connectivity index (χ2v) is 5.56. The lowest BCUT2D eigenvalue weighted by molar-refractivity contribution is 0.264. The van der Waals surface area contributed by atoms with Crippen molar-refractivity contribution in [3.8, 4) is 5.75 Å². The van der Waals surface area contributed by atoms with E-state index in [0.29, 0.717) is 12.5 Å².